The van der Waals surface area contributed by atoms with E-state index in [4.69, 9.17) is 9.47 Å². The van der Waals surface area contributed by atoms with Crippen molar-refractivity contribution in [3.05, 3.63) is 28.8 Å². The van der Waals surface area contributed by atoms with Gasteiger partial charge in [0.25, 0.3) is 0 Å². The lowest BCUT2D eigenvalue weighted by Crippen LogP contribution is -2.19. The quantitative estimate of drug-likeness (QED) is 0.847. The van der Waals surface area contributed by atoms with Crippen molar-refractivity contribution in [1.29, 1.82) is 0 Å². The maximum atomic E-state index is 11.8. The van der Waals surface area contributed by atoms with E-state index in [9.17, 15) is 9.90 Å². The van der Waals surface area contributed by atoms with Gasteiger partial charge in [0.05, 0.1) is 12.7 Å². The summed E-state index contributed by atoms with van der Waals surface area (Å²) in [5, 5.41) is 10.2. The molecule has 0 heterocycles. The number of aliphatic hydroxyl groups excluding tert-OH is 1. The van der Waals surface area contributed by atoms with Gasteiger partial charge in [-0.3, -0.25) is 0 Å². The van der Waals surface area contributed by atoms with Gasteiger partial charge in [0, 0.05) is 5.56 Å². The van der Waals surface area contributed by atoms with E-state index in [2.05, 4.69) is 0 Å². The normalized spacial score (nSPS) is 16.8. The summed E-state index contributed by atoms with van der Waals surface area (Å²) in [6.45, 7) is 5.93. The van der Waals surface area contributed by atoms with Crippen molar-refractivity contribution >= 4 is 5.97 Å². The van der Waals surface area contributed by atoms with Gasteiger partial charge in [-0.1, -0.05) is 12.1 Å². The number of aryl methyl sites for hydroxylation is 1. The van der Waals surface area contributed by atoms with Gasteiger partial charge in [-0.05, 0) is 57.6 Å². The van der Waals surface area contributed by atoms with Gasteiger partial charge in [-0.2, -0.15) is 0 Å². The lowest BCUT2D eigenvalue weighted by Gasteiger charge is -2.22. The number of aliphatic hydroxyl groups is 1. The molecule has 4 nitrogen and oxygen atoms in total. The zero-order valence-corrected chi connectivity index (χ0v) is 13.0. The van der Waals surface area contributed by atoms with E-state index in [1.807, 2.05) is 19.9 Å². The minimum Gasteiger partial charge on any atom is -0.490 e. The van der Waals surface area contributed by atoms with E-state index in [0.717, 1.165) is 24.0 Å². The number of carbonyl (C=O) groups is 1. The van der Waals surface area contributed by atoms with Crippen LogP contribution in [0.25, 0.3) is 0 Å². The first-order valence-corrected chi connectivity index (χ1v) is 7.66. The molecule has 1 atom stereocenters. The summed E-state index contributed by atoms with van der Waals surface area (Å²) in [5.41, 5.74) is 2.56. The van der Waals surface area contributed by atoms with Crippen LogP contribution in [0.5, 0.6) is 5.75 Å². The molecule has 0 bridgehead atoms. The molecule has 21 heavy (non-hydrogen) atoms. The molecule has 0 aliphatic heterocycles. The van der Waals surface area contributed by atoms with E-state index in [1.165, 1.54) is 12.8 Å². The standard InChI is InChI=1S/C17H24O4/c1-4-20-17(19)15(18)14-10-9-11(2)12(3)16(14)21-13-7-5-6-8-13/h9-10,13,15,18H,4-8H2,1-3H3. The van der Waals surface area contributed by atoms with E-state index in [-0.39, 0.29) is 12.7 Å². The summed E-state index contributed by atoms with van der Waals surface area (Å²) >= 11 is 0. The summed E-state index contributed by atoms with van der Waals surface area (Å²) in [4.78, 5) is 11.8. The molecule has 1 unspecified atom stereocenters. The fourth-order valence-electron chi connectivity index (χ4n) is 2.70. The van der Waals surface area contributed by atoms with Crippen LogP contribution >= 0.6 is 0 Å². The summed E-state index contributed by atoms with van der Waals surface area (Å²) < 4.78 is 11.0. The maximum Gasteiger partial charge on any atom is 0.339 e. The van der Waals surface area contributed by atoms with Crippen LogP contribution in [0.3, 0.4) is 0 Å². The Kier molecular flexibility index (Phi) is 5.23. The van der Waals surface area contributed by atoms with Crippen LogP contribution in [-0.4, -0.2) is 23.8 Å². The minimum absolute atomic E-state index is 0.179. The maximum absolute atomic E-state index is 11.8. The van der Waals surface area contributed by atoms with Crippen LogP contribution in [0.4, 0.5) is 0 Å². The van der Waals surface area contributed by atoms with Crippen molar-refractivity contribution in [2.24, 2.45) is 0 Å². The van der Waals surface area contributed by atoms with E-state index < -0.39 is 12.1 Å². The molecule has 2 rings (SSSR count). The molecule has 1 saturated carbocycles. The molecule has 1 fully saturated rings. The van der Waals surface area contributed by atoms with Crippen LogP contribution in [0, 0.1) is 13.8 Å². The third-order valence-corrected chi connectivity index (χ3v) is 4.10. The van der Waals surface area contributed by atoms with Crippen molar-refractivity contribution in [2.75, 3.05) is 6.61 Å². The second-order valence-electron chi connectivity index (χ2n) is 5.60. The number of esters is 1. The Morgan fingerprint density at radius 3 is 2.62 bits per heavy atom. The van der Waals surface area contributed by atoms with Gasteiger partial charge in [0.1, 0.15) is 5.75 Å². The monoisotopic (exact) mass is 292 g/mol. The van der Waals surface area contributed by atoms with Crippen molar-refractivity contribution in [3.63, 3.8) is 0 Å². The van der Waals surface area contributed by atoms with Crippen LogP contribution in [0.15, 0.2) is 12.1 Å². The zero-order chi connectivity index (χ0) is 15.4. The average molecular weight is 292 g/mol. The predicted octanol–water partition coefficient (Wildman–Crippen LogP) is 3.22. The molecule has 1 aliphatic carbocycles. The first-order chi connectivity index (χ1) is 10.0. The van der Waals surface area contributed by atoms with Crippen molar-refractivity contribution in [1.82, 2.24) is 0 Å². The summed E-state index contributed by atoms with van der Waals surface area (Å²) in [7, 11) is 0. The average Bonchev–Trinajstić information content (AvgIpc) is 2.97. The van der Waals surface area contributed by atoms with Crippen LogP contribution in [0.2, 0.25) is 0 Å². The lowest BCUT2D eigenvalue weighted by atomic mass is 10.0. The highest BCUT2D eigenvalue weighted by molar-refractivity contribution is 5.77. The van der Waals surface area contributed by atoms with Gasteiger partial charge in [0.2, 0.25) is 0 Å². The molecule has 0 saturated heterocycles. The van der Waals surface area contributed by atoms with Crippen molar-refractivity contribution < 1.29 is 19.4 Å². The molecular weight excluding hydrogens is 268 g/mol. The van der Waals surface area contributed by atoms with Crippen molar-refractivity contribution in [3.8, 4) is 5.75 Å². The summed E-state index contributed by atoms with van der Waals surface area (Å²) in [6, 6.07) is 3.66. The first-order valence-electron chi connectivity index (χ1n) is 7.66. The fourth-order valence-corrected chi connectivity index (χ4v) is 2.70. The Balaban J connectivity index is 2.30. The molecule has 1 aliphatic rings. The molecule has 4 heteroatoms. The Morgan fingerprint density at radius 1 is 1.33 bits per heavy atom. The first kappa shape index (κ1) is 15.8. The van der Waals surface area contributed by atoms with Crippen LogP contribution in [0.1, 0.15) is 55.4 Å². The molecule has 0 spiro atoms. The molecule has 0 aromatic heterocycles. The molecular formula is C17H24O4. The Hall–Kier alpha value is -1.55. The second kappa shape index (κ2) is 6.94. The lowest BCUT2D eigenvalue weighted by molar-refractivity contribution is -0.153. The van der Waals surface area contributed by atoms with Crippen molar-refractivity contribution in [2.45, 2.75) is 58.7 Å². The number of hydrogen-bond acceptors (Lipinski definition) is 4. The number of hydrogen-bond donors (Lipinski definition) is 1. The third kappa shape index (κ3) is 3.56. The number of carbonyl (C=O) groups excluding carboxylic acids is 1. The van der Waals surface area contributed by atoms with Gasteiger partial charge < -0.3 is 14.6 Å². The van der Waals surface area contributed by atoms with Gasteiger partial charge >= 0.3 is 5.97 Å². The highest BCUT2D eigenvalue weighted by Gasteiger charge is 2.26. The minimum atomic E-state index is -1.29. The molecule has 0 amide bonds. The number of benzene rings is 1. The zero-order valence-electron chi connectivity index (χ0n) is 13.0. The molecule has 1 aromatic rings. The van der Waals surface area contributed by atoms with Crippen LogP contribution < -0.4 is 4.74 Å². The van der Waals surface area contributed by atoms with Gasteiger partial charge in [-0.15, -0.1) is 0 Å². The number of ether oxygens (including phenoxy) is 2. The summed E-state index contributed by atoms with van der Waals surface area (Å²) in [6.07, 6.45) is 3.29. The second-order valence-corrected chi connectivity index (χ2v) is 5.60. The molecule has 116 valence electrons. The van der Waals surface area contributed by atoms with E-state index >= 15 is 0 Å². The Bertz CT molecular complexity index is 504. The SMILES string of the molecule is CCOC(=O)C(O)c1ccc(C)c(C)c1OC1CCCC1. The Labute approximate surface area is 126 Å². The molecule has 1 N–H and O–H groups in total. The topological polar surface area (TPSA) is 55.8 Å². The molecule has 0 radical (unpaired) electrons. The number of rotatable bonds is 5. The smallest absolute Gasteiger partial charge is 0.339 e. The summed E-state index contributed by atoms with van der Waals surface area (Å²) in [5.74, 6) is 0.0134. The molecule has 1 aromatic carbocycles. The van der Waals surface area contributed by atoms with E-state index in [0.29, 0.717) is 11.3 Å². The fraction of sp³-hybridized carbons (Fsp3) is 0.588. The highest BCUT2D eigenvalue weighted by Crippen LogP contribution is 2.35. The van der Waals surface area contributed by atoms with Gasteiger partial charge in [0.15, 0.2) is 6.10 Å². The predicted molar refractivity (Wildman–Crippen MR) is 80.4 cm³/mol. The largest absolute Gasteiger partial charge is 0.490 e. The van der Waals surface area contributed by atoms with Gasteiger partial charge in [-0.25, -0.2) is 4.79 Å². The Morgan fingerprint density at radius 2 is 2.00 bits per heavy atom. The third-order valence-electron chi connectivity index (χ3n) is 4.10. The van der Waals surface area contributed by atoms with E-state index in [1.54, 1.807) is 13.0 Å². The highest BCUT2D eigenvalue weighted by atomic mass is 16.5. The van der Waals surface area contributed by atoms with Crippen LogP contribution in [-0.2, 0) is 9.53 Å².